The molecule has 1 unspecified atom stereocenters. The van der Waals surface area contributed by atoms with E-state index in [1.807, 2.05) is 37.4 Å². The minimum absolute atomic E-state index is 0.00518. The Bertz CT molecular complexity index is 1550. The van der Waals surface area contributed by atoms with Crippen LogP contribution in [0.3, 0.4) is 0 Å². The monoisotopic (exact) mass is 570 g/mol. The topological polar surface area (TPSA) is 161 Å². The number of fused-ring (bicyclic) bond motifs is 1. The van der Waals surface area contributed by atoms with Gasteiger partial charge in [0.15, 0.2) is 11.5 Å². The molecule has 2 saturated heterocycles. The fourth-order valence-electron chi connectivity index (χ4n) is 5.68. The number of hydrogen-bond acceptors (Lipinski definition) is 9. The van der Waals surface area contributed by atoms with E-state index in [2.05, 4.69) is 32.8 Å². The summed E-state index contributed by atoms with van der Waals surface area (Å²) in [6.07, 6.45) is 2.69. The van der Waals surface area contributed by atoms with Gasteiger partial charge >= 0.3 is 12.1 Å². The summed E-state index contributed by atoms with van der Waals surface area (Å²) in [5.41, 5.74) is 7.99. The highest BCUT2D eigenvalue weighted by atomic mass is 16.5. The van der Waals surface area contributed by atoms with Crippen molar-refractivity contribution in [2.45, 2.75) is 31.3 Å². The number of likely N-dealkylation sites (tertiary alicyclic amines) is 1. The number of amides is 2. The predicted molar refractivity (Wildman–Crippen MR) is 161 cm³/mol. The highest BCUT2D eigenvalue weighted by Gasteiger charge is 2.33. The van der Waals surface area contributed by atoms with Gasteiger partial charge in [-0.25, -0.2) is 4.79 Å². The second kappa shape index (κ2) is 12.3. The first-order valence-electron chi connectivity index (χ1n) is 13.9. The van der Waals surface area contributed by atoms with Crippen LogP contribution in [0.4, 0.5) is 22.0 Å². The molecule has 2 aromatic carbocycles. The molecule has 218 valence electrons. The number of aromatic nitrogens is 2. The van der Waals surface area contributed by atoms with Crippen LogP contribution in [0.15, 0.2) is 43.0 Å². The van der Waals surface area contributed by atoms with Crippen molar-refractivity contribution < 1.29 is 19.4 Å². The number of ether oxygens (including phenoxy) is 1. The van der Waals surface area contributed by atoms with Crippen LogP contribution in [0.5, 0.6) is 6.01 Å². The zero-order valence-corrected chi connectivity index (χ0v) is 23.5. The molecule has 0 radical (unpaired) electrons. The Hall–Kier alpha value is -4.89. The molecule has 2 aliphatic rings. The zero-order chi connectivity index (χ0) is 29.8. The number of nitrogens with two attached hydrogens (primary N) is 1. The molecule has 0 saturated carbocycles. The summed E-state index contributed by atoms with van der Waals surface area (Å²) in [6.45, 7) is 5.82. The Labute approximate surface area is 244 Å². The van der Waals surface area contributed by atoms with Gasteiger partial charge in [-0.15, -0.1) is 0 Å². The largest absolute Gasteiger partial charge is 0.465 e. The highest BCUT2D eigenvalue weighted by molar-refractivity contribution is 6.12. The molecular formula is C30H34N8O4. The number of piperazine rings is 1. The lowest BCUT2D eigenvalue weighted by Gasteiger charge is -2.40. The van der Waals surface area contributed by atoms with Crippen molar-refractivity contribution in [2.75, 3.05) is 55.8 Å². The molecule has 3 aromatic rings. The second-order valence-corrected chi connectivity index (χ2v) is 10.5. The van der Waals surface area contributed by atoms with Crippen LogP contribution >= 0.6 is 0 Å². The number of rotatable bonds is 8. The summed E-state index contributed by atoms with van der Waals surface area (Å²) in [4.78, 5) is 39.8. The average molecular weight is 571 g/mol. The zero-order valence-electron chi connectivity index (χ0n) is 23.5. The van der Waals surface area contributed by atoms with Crippen molar-refractivity contribution in [3.63, 3.8) is 0 Å². The maximum atomic E-state index is 13.8. The molecule has 2 amide bonds. The van der Waals surface area contributed by atoms with Crippen LogP contribution in [0, 0.1) is 11.3 Å². The predicted octanol–water partition coefficient (Wildman–Crippen LogP) is 3.66. The molecule has 1 aromatic heterocycles. The number of nitrogens with one attached hydrogen (secondary N) is 1. The molecule has 0 spiro atoms. The molecule has 5 rings (SSSR count). The van der Waals surface area contributed by atoms with Crippen LogP contribution < -0.4 is 20.7 Å². The smallest absolute Gasteiger partial charge is 0.407 e. The molecule has 2 fully saturated rings. The highest BCUT2D eigenvalue weighted by Crippen LogP contribution is 2.32. The normalized spacial score (nSPS) is 19.0. The summed E-state index contributed by atoms with van der Waals surface area (Å²) in [6, 6.07) is 13.1. The Balaban J connectivity index is 1.50. The van der Waals surface area contributed by atoms with Crippen molar-refractivity contribution in [1.29, 1.82) is 5.26 Å². The molecule has 4 N–H and O–H groups in total. The van der Waals surface area contributed by atoms with Crippen LogP contribution in [-0.4, -0.2) is 88.8 Å². The Morgan fingerprint density at radius 1 is 1.21 bits per heavy atom. The number of nitrogen functional groups attached to an aromatic ring is 1. The van der Waals surface area contributed by atoms with E-state index in [1.165, 1.54) is 4.90 Å². The van der Waals surface area contributed by atoms with Crippen LogP contribution in [0.25, 0.3) is 16.8 Å². The molecule has 2 atom stereocenters. The fraction of sp³-hybridized carbons (Fsp3) is 0.367. The van der Waals surface area contributed by atoms with E-state index < -0.39 is 18.0 Å². The minimum atomic E-state index is -1.09. The maximum absolute atomic E-state index is 13.8. The third-order valence-electron chi connectivity index (χ3n) is 7.96. The van der Waals surface area contributed by atoms with Gasteiger partial charge in [-0.05, 0) is 43.5 Å². The SMILES string of the molecule is C=Cc1cccc2cccc(NC(=O)c3nc(OC[C@@H]4CCCN4C)nc(N4CCN(C(=O)O)C(CC#N)C4)c3N)c12. The van der Waals surface area contributed by atoms with E-state index in [9.17, 15) is 20.0 Å². The van der Waals surface area contributed by atoms with Gasteiger partial charge in [-0.3, -0.25) is 4.79 Å². The fourth-order valence-corrected chi connectivity index (χ4v) is 5.68. The molecule has 12 heteroatoms. The average Bonchev–Trinajstić information content (AvgIpc) is 3.40. The summed E-state index contributed by atoms with van der Waals surface area (Å²) < 4.78 is 6.03. The number of nitriles is 1. The van der Waals surface area contributed by atoms with E-state index in [-0.39, 0.29) is 55.3 Å². The number of likely N-dealkylation sites (N-methyl/N-ethyl adjacent to an activating group) is 1. The molecule has 3 heterocycles. The van der Waals surface area contributed by atoms with E-state index in [0.29, 0.717) is 12.3 Å². The molecule has 2 aliphatic heterocycles. The minimum Gasteiger partial charge on any atom is -0.465 e. The molecule has 0 bridgehead atoms. The van der Waals surface area contributed by atoms with E-state index in [0.717, 1.165) is 35.7 Å². The number of anilines is 3. The van der Waals surface area contributed by atoms with Crippen LogP contribution in [-0.2, 0) is 0 Å². The second-order valence-electron chi connectivity index (χ2n) is 10.5. The molecule has 12 nitrogen and oxygen atoms in total. The lowest BCUT2D eigenvalue weighted by Crippen LogP contribution is -2.55. The van der Waals surface area contributed by atoms with Crippen molar-refractivity contribution in [3.8, 4) is 12.1 Å². The third kappa shape index (κ3) is 5.77. The van der Waals surface area contributed by atoms with E-state index >= 15 is 0 Å². The van der Waals surface area contributed by atoms with Crippen LogP contribution in [0.2, 0.25) is 0 Å². The number of carbonyl (C=O) groups is 2. The van der Waals surface area contributed by atoms with Gasteiger partial charge in [0.2, 0.25) is 0 Å². The van der Waals surface area contributed by atoms with Gasteiger partial charge in [0.05, 0.1) is 18.5 Å². The van der Waals surface area contributed by atoms with Crippen molar-refractivity contribution in [3.05, 3.63) is 54.2 Å². The molecule has 42 heavy (non-hydrogen) atoms. The van der Waals surface area contributed by atoms with Crippen LogP contribution in [0.1, 0.15) is 35.3 Å². The standard InChI is InChI=1S/C30H34N8O4/c1-3-19-7-4-8-20-9-5-11-23(24(19)20)33-28(39)26-25(32)27(35-29(34-26)42-18-22-10-6-14-36(22)2)37-15-16-38(30(40)41)21(17-37)12-13-31/h3-5,7-9,11,21-22H,1,6,10,12,14-18,32H2,2H3,(H,33,39)(H,40,41)/t21?,22-/m0/s1. The lowest BCUT2D eigenvalue weighted by molar-refractivity contribution is 0.102. The summed E-state index contributed by atoms with van der Waals surface area (Å²) in [7, 11) is 2.04. The number of nitrogens with zero attached hydrogens (tertiary/aromatic N) is 6. The first-order chi connectivity index (χ1) is 20.3. The Morgan fingerprint density at radius 3 is 2.69 bits per heavy atom. The quantitative estimate of drug-likeness (QED) is 0.364. The molecule has 0 aliphatic carbocycles. The van der Waals surface area contributed by atoms with Gasteiger partial charge in [-0.1, -0.05) is 43.0 Å². The number of benzene rings is 2. The maximum Gasteiger partial charge on any atom is 0.407 e. The molecular weight excluding hydrogens is 536 g/mol. The summed E-state index contributed by atoms with van der Waals surface area (Å²) >= 11 is 0. The number of hydrogen-bond donors (Lipinski definition) is 3. The van der Waals surface area contributed by atoms with Crippen molar-refractivity contribution >= 4 is 46.0 Å². The van der Waals surface area contributed by atoms with Crippen molar-refractivity contribution in [2.24, 2.45) is 0 Å². The first kappa shape index (κ1) is 28.6. The van der Waals surface area contributed by atoms with E-state index in [4.69, 9.17) is 10.5 Å². The Morgan fingerprint density at radius 2 is 2.00 bits per heavy atom. The summed E-state index contributed by atoms with van der Waals surface area (Å²) in [5.74, 6) is -0.272. The van der Waals surface area contributed by atoms with E-state index in [1.54, 1.807) is 17.0 Å². The van der Waals surface area contributed by atoms with Gasteiger partial charge in [0.1, 0.15) is 12.3 Å². The van der Waals surface area contributed by atoms with Gasteiger partial charge in [0, 0.05) is 36.7 Å². The summed E-state index contributed by atoms with van der Waals surface area (Å²) in [5, 5.41) is 23.7. The lowest BCUT2D eigenvalue weighted by atomic mass is 10.0. The van der Waals surface area contributed by atoms with Gasteiger partial charge in [-0.2, -0.15) is 15.2 Å². The Kier molecular flexibility index (Phi) is 8.40. The first-order valence-corrected chi connectivity index (χ1v) is 13.9. The number of carbonyl (C=O) groups excluding carboxylic acids is 1. The third-order valence-corrected chi connectivity index (χ3v) is 7.96. The number of carboxylic acid groups (broad SMARTS) is 1. The van der Waals surface area contributed by atoms with Crippen molar-refractivity contribution in [1.82, 2.24) is 19.8 Å². The van der Waals surface area contributed by atoms with Gasteiger partial charge in [0.25, 0.3) is 5.91 Å². The van der Waals surface area contributed by atoms with Gasteiger partial charge < -0.3 is 35.6 Å².